The molecule has 118 valence electrons. The molecule has 2 aromatic carbocycles. The van der Waals surface area contributed by atoms with Crippen molar-refractivity contribution < 1.29 is 19.1 Å². The van der Waals surface area contributed by atoms with E-state index in [-0.39, 0.29) is 18.0 Å². The van der Waals surface area contributed by atoms with Crippen LogP contribution >= 0.6 is 0 Å². The van der Waals surface area contributed by atoms with Crippen LogP contribution in [0.1, 0.15) is 6.92 Å². The summed E-state index contributed by atoms with van der Waals surface area (Å²) in [6, 6.07) is 14.7. The standard InChI is InChI=1S/C17H15NO5/c1-2-22-17(21)16(20)18-15-13(19)10-6-7-11-14(15)23-12-8-4-3-5-9-12/h3-11H,2H2,1H3,(H,18,19,20). The van der Waals surface area contributed by atoms with Crippen molar-refractivity contribution in [3.05, 3.63) is 64.8 Å². The Kier molecular flexibility index (Phi) is 5.46. The molecule has 1 amide bonds. The minimum absolute atomic E-state index is 0.0619. The van der Waals surface area contributed by atoms with Crippen molar-refractivity contribution in [1.82, 2.24) is 0 Å². The van der Waals surface area contributed by atoms with Crippen LogP contribution in [0.4, 0.5) is 5.69 Å². The molecule has 0 aliphatic carbocycles. The molecule has 0 spiro atoms. The Morgan fingerprint density at radius 3 is 2.35 bits per heavy atom. The van der Waals surface area contributed by atoms with Crippen molar-refractivity contribution in [3.63, 3.8) is 0 Å². The summed E-state index contributed by atoms with van der Waals surface area (Å²) in [6.45, 7) is 1.64. The highest BCUT2D eigenvalue weighted by Crippen LogP contribution is 2.25. The highest BCUT2D eigenvalue weighted by atomic mass is 16.5. The number of carbonyl (C=O) groups is 2. The number of anilines is 1. The molecule has 0 aliphatic rings. The van der Waals surface area contributed by atoms with E-state index in [4.69, 9.17) is 4.74 Å². The second kappa shape index (κ2) is 7.74. The number of hydrogen-bond donors (Lipinski definition) is 1. The molecule has 0 unspecified atom stereocenters. The third-order valence-electron chi connectivity index (χ3n) is 2.77. The summed E-state index contributed by atoms with van der Waals surface area (Å²) >= 11 is 0. The first-order valence-electron chi connectivity index (χ1n) is 6.96. The summed E-state index contributed by atoms with van der Waals surface area (Å²) in [5.41, 5.74) is -0.615. The zero-order chi connectivity index (χ0) is 16.7. The summed E-state index contributed by atoms with van der Waals surface area (Å²) in [5.74, 6) is -1.48. The van der Waals surface area contributed by atoms with E-state index in [1.54, 1.807) is 37.3 Å². The van der Waals surface area contributed by atoms with Crippen molar-refractivity contribution in [2.75, 3.05) is 11.9 Å². The van der Waals surface area contributed by atoms with Crippen molar-refractivity contribution in [2.45, 2.75) is 6.92 Å². The van der Waals surface area contributed by atoms with Crippen molar-refractivity contribution in [2.24, 2.45) is 0 Å². The highest BCUT2D eigenvalue weighted by Gasteiger charge is 2.18. The van der Waals surface area contributed by atoms with Gasteiger partial charge in [-0.2, -0.15) is 0 Å². The summed E-state index contributed by atoms with van der Waals surface area (Å²) in [7, 11) is 0. The molecule has 0 fully saturated rings. The molecular formula is C17H15NO5. The Morgan fingerprint density at radius 2 is 1.65 bits per heavy atom. The second-order valence-electron chi connectivity index (χ2n) is 4.41. The van der Waals surface area contributed by atoms with Gasteiger partial charge >= 0.3 is 11.9 Å². The van der Waals surface area contributed by atoms with Crippen molar-refractivity contribution >= 4 is 17.6 Å². The Labute approximate surface area is 132 Å². The summed E-state index contributed by atoms with van der Waals surface area (Å²) in [4.78, 5) is 35.3. The maximum Gasteiger partial charge on any atom is 0.397 e. The Balaban J connectivity index is 2.34. The molecule has 0 aromatic heterocycles. The molecule has 23 heavy (non-hydrogen) atoms. The predicted octanol–water partition coefficient (Wildman–Crippen LogP) is 2.34. The molecular weight excluding hydrogens is 298 g/mol. The second-order valence-corrected chi connectivity index (χ2v) is 4.41. The van der Waals surface area contributed by atoms with Gasteiger partial charge in [0, 0.05) is 0 Å². The number of rotatable bonds is 4. The fourth-order valence-corrected chi connectivity index (χ4v) is 1.76. The number of amides is 1. The summed E-state index contributed by atoms with van der Waals surface area (Å²) in [5, 5.41) is 2.25. The van der Waals surface area contributed by atoms with Crippen LogP contribution in [0.25, 0.3) is 0 Å². The van der Waals surface area contributed by atoms with E-state index in [1.807, 2.05) is 6.07 Å². The Morgan fingerprint density at radius 1 is 1.00 bits per heavy atom. The van der Waals surface area contributed by atoms with Crippen LogP contribution in [0.3, 0.4) is 0 Å². The first-order valence-corrected chi connectivity index (χ1v) is 6.96. The lowest BCUT2D eigenvalue weighted by molar-refractivity contribution is -0.152. The average Bonchev–Trinajstić information content (AvgIpc) is 2.71. The lowest BCUT2D eigenvalue weighted by Gasteiger charge is -2.09. The first-order chi connectivity index (χ1) is 11.1. The average molecular weight is 313 g/mol. The molecule has 0 bridgehead atoms. The summed E-state index contributed by atoms with van der Waals surface area (Å²) in [6.07, 6.45) is 0. The molecule has 2 aromatic rings. The first kappa shape index (κ1) is 16.2. The van der Waals surface area contributed by atoms with Crippen LogP contribution in [0, 0.1) is 0 Å². The molecule has 2 rings (SSSR count). The van der Waals surface area contributed by atoms with Crippen LogP contribution in [-0.4, -0.2) is 18.5 Å². The number of para-hydroxylation sites is 1. The Bertz CT molecular complexity index is 758. The van der Waals surface area contributed by atoms with Crippen molar-refractivity contribution in [1.29, 1.82) is 0 Å². The molecule has 6 nitrogen and oxygen atoms in total. The van der Waals surface area contributed by atoms with Gasteiger partial charge in [-0.3, -0.25) is 9.59 Å². The maximum absolute atomic E-state index is 12.1. The van der Waals surface area contributed by atoms with Gasteiger partial charge in [0.2, 0.25) is 5.43 Å². The number of esters is 1. The zero-order valence-electron chi connectivity index (χ0n) is 12.4. The van der Waals surface area contributed by atoms with E-state index in [1.165, 1.54) is 18.2 Å². The van der Waals surface area contributed by atoms with E-state index >= 15 is 0 Å². The molecule has 0 saturated heterocycles. The maximum atomic E-state index is 12.1. The van der Waals surface area contributed by atoms with Gasteiger partial charge < -0.3 is 14.8 Å². The van der Waals surface area contributed by atoms with E-state index in [0.29, 0.717) is 5.75 Å². The van der Waals surface area contributed by atoms with Gasteiger partial charge in [-0.1, -0.05) is 30.3 Å². The monoisotopic (exact) mass is 313 g/mol. The van der Waals surface area contributed by atoms with E-state index < -0.39 is 17.3 Å². The van der Waals surface area contributed by atoms with Gasteiger partial charge in [-0.15, -0.1) is 0 Å². The third kappa shape index (κ3) is 4.41. The third-order valence-corrected chi connectivity index (χ3v) is 2.77. The fraction of sp³-hybridized carbons (Fsp3) is 0.118. The number of carbonyl (C=O) groups excluding carboxylic acids is 2. The number of ether oxygens (including phenoxy) is 2. The molecule has 6 heteroatoms. The highest BCUT2D eigenvalue weighted by molar-refractivity contribution is 6.37. The van der Waals surface area contributed by atoms with Crippen molar-refractivity contribution in [3.8, 4) is 11.5 Å². The number of hydrogen-bond acceptors (Lipinski definition) is 5. The minimum atomic E-state index is -1.07. The van der Waals surface area contributed by atoms with E-state index in [9.17, 15) is 14.4 Å². The van der Waals surface area contributed by atoms with Gasteiger partial charge in [0.25, 0.3) is 0 Å². The van der Waals surface area contributed by atoms with Gasteiger partial charge in [0.15, 0.2) is 5.75 Å². The molecule has 0 radical (unpaired) electrons. The SMILES string of the molecule is CCOC(=O)C(=O)Nc1c(Oc2ccccc2)ccccc1=O. The summed E-state index contributed by atoms with van der Waals surface area (Å²) < 4.78 is 10.2. The molecule has 0 aliphatic heterocycles. The van der Waals surface area contributed by atoms with Gasteiger partial charge in [0.05, 0.1) is 6.61 Å². The van der Waals surface area contributed by atoms with E-state index in [0.717, 1.165) is 0 Å². The quantitative estimate of drug-likeness (QED) is 0.692. The van der Waals surface area contributed by atoms with Gasteiger partial charge in [-0.05, 0) is 31.2 Å². The number of benzene rings is 1. The largest absolute Gasteiger partial charge is 0.459 e. The lowest BCUT2D eigenvalue weighted by atomic mass is 10.3. The molecule has 1 N–H and O–H groups in total. The van der Waals surface area contributed by atoms with Gasteiger partial charge in [-0.25, -0.2) is 4.79 Å². The zero-order valence-corrected chi connectivity index (χ0v) is 12.4. The van der Waals surface area contributed by atoms with E-state index in [2.05, 4.69) is 10.1 Å². The smallest absolute Gasteiger partial charge is 0.397 e. The minimum Gasteiger partial charge on any atom is -0.459 e. The van der Waals surface area contributed by atoms with Crippen LogP contribution < -0.4 is 15.5 Å². The van der Waals surface area contributed by atoms with Gasteiger partial charge in [0.1, 0.15) is 11.4 Å². The predicted molar refractivity (Wildman–Crippen MR) is 84.5 cm³/mol. The molecule has 0 atom stereocenters. The topological polar surface area (TPSA) is 81.7 Å². The normalized spacial score (nSPS) is 9.78. The lowest BCUT2D eigenvalue weighted by Crippen LogP contribution is -2.27. The molecule has 0 saturated carbocycles. The van der Waals surface area contributed by atoms with Crippen LogP contribution in [-0.2, 0) is 14.3 Å². The Hall–Kier alpha value is -3.15. The molecule has 0 heterocycles. The fourth-order valence-electron chi connectivity index (χ4n) is 1.76. The van der Waals surface area contributed by atoms with Crippen LogP contribution in [0.15, 0.2) is 59.4 Å². The van der Waals surface area contributed by atoms with Crippen LogP contribution in [0.2, 0.25) is 0 Å². The van der Waals surface area contributed by atoms with Crippen LogP contribution in [0.5, 0.6) is 11.5 Å². The number of nitrogens with one attached hydrogen (secondary N) is 1.